The van der Waals surface area contributed by atoms with Crippen LogP contribution in [0.5, 0.6) is 5.19 Å². The van der Waals surface area contributed by atoms with Crippen LogP contribution in [0.3, 0.4) is 0 Å². The Kier molecular flexibility index (Phi) is 4.06. The molecule has 0 amide bonds. The van der Waals surface area contributed by atoms with E-state index < -0.39 is 0 Å². The summed E-state index contributed by atoms with van der Waals surface area (Å²) >= 11 is 1.47. The molecule has 0 saturated carbocycles. The number of nitrogens with one attached hydrogen (secondary N) is 1. The van der Waals surface area contributed by atoms with Gasteiger partial charge in [0.05, 0.1) is 0 Å². The molecule has 2 aromatic rings. The summed E-state index contributed by atoms with van der Waals surface area (Å²) < 4.78 is 5.74. The summed E-state index contributed by atoms with van der Waals surface area (Å²) in [5, 5.41) is 12.6. The molecule has 1 aromatic carbocycles. The molecule has 1 heterocycles. The van der Waals surface area contributed by atoms with E-state index in [0.717, 1.165) is 17.1 Å². The Morgan fingerprint density at radius 1 is 1.29 bits per heavy atom. The van der Waals surface area contributed by atoms with E-state index in [1.807, 2.05) is 44.3 Å². The van der Waals surface area contributed by atoms with Crippen molar-refractivity contribution in [1.82, 2.24) is 15.5 Å². The van der Waals surface area contributed by atoms with Crippen LogP contribution < -0.4 is 10.1 Å². The Hall–Kier alpha value is -1.46. The molecule has 4 nitrogen and oxygen atoms in total. The van der Waals surface area contributed by atoms with Crippen molar-refractivity contribution in [3.8, 4) is 5.19 Å². The van der Waals surface area contributed by atoms with E-state index in [1.54, 1.807) is 0 Å². The van der Waals surface area contributed by atoms with E-state index in [1.165, 1.54) is 11.3 Å². The molecule has 0 aliphatic rings. The topological polar surface area (TPSA) is 47.0 Å². The summed E-state index contributed by atoms with van der Waals surface area (Å²) in [7, 11) is 1.88. The van der Waals surface area contributed by atoms with Crippen molar-refractivity contribution in [2.24, 2.45) is 0 Å². The van der Waals surface area contributed by atoms with Gasteiger partial charge in [0, 0.05) is 6.54 Å². The van der Waals surface area contributed by atoms with Crippen LogP contribution in [0.1, 0.15) is 23.6 Å². The van der Waals surface area contributed by atoms with E-state index in [4.69, 9.17) is 4.74 Å². The molecule has 0 saturated heterocycles. The molecule has 0 radical (unpaired) electrons. The maximum absolute atomic E-state index is 5.74. The first-order valence-electron chi connectivity index (χ1n) is 5.48. The maximum Gasteiger partial charge on any atom is 0.294 e. The van der Waals surface area contributed by atoms with E-state index in [-0.39, 0.29) is 6.10 Å². The first-order valence-corrected chi connectivity index (χ1v) is 6.30. The van der Waals surface area contributed by atoms with Gasteiger partial charge < -0.3 is 10.1 Å². The van der Waals surface area contributed by atoms with Gasteiger partial charge in [0.1, 0.15) is 11.1 Å². The molecule has 1 atom stereocenters. The molecule has 0 fully saturated rings. The second kappa shape index (κ2) is 5.75. The minimum absolute atomic E-state index is 0.00779. The Morgan fingerprint density at radius 3 is 2.76 bits per heavy atom. The number of rotatable bonds is 5. The normalized spacial score (nSPS) is 12.4. The van der Waals surface area contributed by atoms with Gasteiger partial charge in [-0.2, -0.15) is 0 Å². The van der Waals surface area contributed by atoms with Crippen LogP contribution in [0.15, 0.2) is 30.3 Å². The van der Waals surface area contributed by atoms with Crippen molar-refractivity contribution in [3.63, 3.8) is 0 Å². The van der Waals surface area contributed by atoms with Crippen molar-refractivity contribution in [1.29, 1.82) is 0 Å². The number of nitrogens with zero attached hydrogens (tertiary/aromatic N) is 2. The maximum atomic E-state index is 5.74. The van der Waals surface area contributed by atoms with E-state index in [0.29, 0.717) is 5.19 Å². The van der Waals surface area contributed by atoms with Gasteiger partial charge in [-0.05, 0) is 19.5 Å². The third-order valence-corrected chi connectivity index (χ3v) is 3.14. The first kappa shape index (κ1) is 12.0. The quantitative estimate of drug-likeness (QED) is 0.884. The molecule has 0 aliphatic carbocycles. The standard InChI is InChI=1S/C12H15N3OS/c1-9(10-6-4-3-5-7-10)16-12-15-14-11(17-12)8-13-2/h3-7,9,13H,8H2,1-2H3. The van der Waals surface area contributed by atoms with Gasteiger partial charge in [0.2, 0.25) is 0 Å². The first-order chi connectivity index (χ1) is 8.29. The molecule has 5 heteroatoms. The fraction of sp³-hybridized carbons (Fsp3) is 0.333. The Morgan fingerprint density at radius 2 is 2.06 bits per heavy atom. The zero-order valence-corrected chi connectivity index (χ0v) is 10.7. The molecule has 17 heavy (non-hydrogen) atoms. The summed E-state index contributed by atoms with van der Waals surface area (Å²) in [6.07, 6.45) is -0.00779. The summed E-state index contributed by atoms with van der Waals surface area (Å²) in [5.74, 6) is 0. The second-order valence-corrected chi connectivity index (χ2v) is 4.69. The molecule has 0 aliphatic heterocycles. The average Bonchev–Trinajstić information content (AvgIpc) is 2.78. The lowest BCUT2D eigenvalue weighted by molar-refractivity contribution is 0.224. The van der Waals surface area contributed by atoms with Gasteiger partial charge >= 0.3 is 0 Å². The summed E-state index contributed by atoms with van der Waals surface area (Å²) in [6.45, 7) is 2.73. The highest BCUT2D eigenvalue weighted by Gasteiger charge is 2.10. The molecule has 1 N–H and O–H groups in total. The minimum atomic E-state index is -0.00779. The van der Waals surface area contributed by atoms with E-state index in [9.17, 15) is 0 Å². The smallest absolute Gasteiger partial charge is 0.294 e. The van der Waals surface area contributed by atoms with Gasteiger partial charge in [0.15, 0.2) is 0 Å². The lowest BCUT2D eigenvalue weighted by Gasteiger charge is -2.11. The molecular formula is C12H15N3OS. The molecule has 2 rings (SSSR count). The van der Waals surface area contributed by atoms with Crippen LogP contribution >= 0.6 is 11.3 Å². The van der Waals surface area contributed by atoms with Crippen LogP contribution in [0, 0.1) is 0 Å². The van der Waals surface area contributed by atoms with Crippen LogP contribution in [-0.4, -0.2) is 17.2 Å². The van der Waals surface area contributed by atoms with Crippen LogP contribution in [-0.2, 0) is 6.54 Å². The van der Waals surface area contributed by atoms with E-state index >= 15 is 0 Å². The largest absolute Gasteiger partial charge is 0.461 e. The van der Waals surface area contributed by atoms with Crippen molar-refractivity contribution in [2.45, 2.75) is 19.6 Å². The lowest BCUT2D eigenvalue weighted by Crippen LogP contribution is -2.04. The monoisotopic (exact) mass is 249 g/mol. The number of ether oxygens (including phenoxy) is 1. The predicted molar refractivity (Wildman–Crippen MR) is 68.2 cm³/mol. The fourth-order valence-corrected chi connectivity index (χ4v) is 2.23. The third-order valence-electron chi connectivity index (χ3n) is 2.32. The fourth-order valence-electron chi connectivity index (χ4n) is 1.45. The summed E-state index contributed by atoms with van der Waals surface area (Å²) in [5.41, 5.74) is 1.14. The number of hydrogen-bond acceptors (Lipinski definition) is 5. The molecule has 90 valence electrons. The van der Waals surface area contributed by atoms with Crippen LogP contribution in [0.25, 0.3) is 0 Å². The zero-order valence-electron chi connectivity index (χ0n) is 9.88. The molecular weight excluding hydrogens is 234 g/mol. The SMILES string of the molecule is CNCc1nnc(OC(C)c2ccccc2)s1. The van der Waals surface area contributed by atoms with Gasteiger partial charge in [-0.3, -0.25) is 0 Å². The van der Waals surface area contributed by atoms with Crippen LogP contribution in [0.2, 0.25) is 0 Å². The highest BCUT2D eigenvalue weighted by Crippen LogP contribution is 2.24. The summed E-state index contributed by atoms with van der Waals surface area (Å²) in [4.78, 5) is 0. The molecule has 1 unspecified atom stereocenters. The Balaban J connectivity index is 2.00. The Bertz CT molecular complexity index is 458. The third kappa shape index (κ3) is 3.25. The second-order valence-electron chi connectivity index (χ2n) is 3.66. The zero-order chi connectivity index (χ0) is 12.1. The molecule has 0 spiro atoms. The van der Waals surface area contributed by atoms with Crippen molar-refractivity contribution >= 4 is 11.3 Å². The highest BCUT2D eigenvalue weighted by molar-refractivity contribution is 7.13. The summed E-state index contributed by atoms with van der Waals surface area (Å²) in [6, 6.07) is 10.1. The average molecular weight is 249 g/mol. The lowest BCUT2D eigenvalue weighted by atomic mass is 10.1. The van der Waals surface area contributed by atoms with Gasteiger partial charge in [-0.15, -0.1) is 5.10 Å². The van der Waals surface area contributed by atoms with Crippen LogP contribution in [0.4, 0.5) is 0 Å². The molecule has 1 aromatic heterocycles. The van der Waals surface area contributed by atoms with E-state index in [2.05, 4.69) is 15.5 Å². The molecule has 0 bridgehead atoms. The number of benzene rings is 1. The predicted octanol–water partition coefficient (Wildman–Crippen LogP) is 2.40. The van der Waals surface area contributed by atoms with Crippen molar-refractivity contribution in [2.75, 3.05) is 7.05 Å². The Labute approximate surface area is 105 Å². The highest BCUT2D eigenvalue weighted by atomic mass is 32.1. The number of aromatic nitrogens is 2. The van der Waals surface area contributed by atoms with Gasteiger partial charge in [-0.25, -0.2) is 0 Å². The van der Waals surface area contributed by atoms with Crippen molar-refractivity contribution in [3.05, 3.63) is 40.9 Å². The van der Waals surface area contributed by atoms with Crippen molar-refractivity contribution < 1.29 is 4.74 Å². The number of hydrogen-bond donors (Lipinski definition) is 1. The van der Waals surface area contributed by atoms with Gasteiger partial charge in [-0.1, -0.05) is 46.8 Å². The minimum Gasteiger partial charge on any atom is -0.461 e. The van der Waals surface area contributed by atoms with Gasteiger partial charge in [0.25, 0.3) is 5.19 Å².